The maximum atomic E-state index is 12.4. The predicted molar refractivity (Wildman–Crippen MR) is 117 cm³/mol. The first-order chi connectivity index (χ1) is 14.4. The number of nitrogens with zero attached hydrogens (tertiary/aromatic N) is 2. The Kier molecular flexibility index (Phi) is 6.01. The van der Waals surface area contributed by atoms with E-state index in [1.54, 1.807) is 19.2 Å². The minimum absolute atomic E-state index is 0.0718. The molecule has 30 heavy (non-hydrogen) atoms. The number of aliphatic imine (C=N–C) groups is 1. The summed E-state index contributed by atoms with van der Waals surface area (Å²) < 4.78 is 35.1. The van der Waals surface area contributed by atoms with Crippen LogP contribution in [0.4, 0.5) is 0 Å². The van der Waals surface area contributed by atoms with Crippen molar-refractivity contribution in [2.24, 2.45) is 4.99 Å². The van der Waals surface area contributed by atoms with E-state index in [1.165, 1.54) is 11.8 Å². The lowest BCUT2D eigenvalue weighted by Crippen LogP contribution is -2.37. The van der Waals surface area contributed by atoms with E-state index in [-0.39, 0.29) is 29.4 Å². The van der Waals surface area contributed by atoms with Gasteiger partial charge >= 0.3 is 0 Å². The number of carbonyl (C=O) groups is 1. The van der Waals surface area contributed by atoms with E-state index in [2.05, 4.69) is 4.99 Å². The standard InChI is InChI=1S/C21H22N2O5S2/c1-27-17-9-5-6-15(10-17)11-23-18-13-30(25,26)14-19(18)29-21(23)22-20(24)12-28-16-7-3-2-4-8-16/h2-10,18-19H,11-14H2,1H3/t18-,19-/m0/s1. The maximum Gasteiger partial charge on any atom is 0.285 e. The van der Waals surface area contributed by atoms with E-state index >= 15 is 0 Å². The lowest BCUT2D eigenvalue weighted by Gasteiger charge is -2.24. The second-order valence-corrected chi connectivity index (χ2v) is 10.5. The van der Waals surface area contributed by atoms with Gasteiger partial charge in [-0.3, -0.25) is 4.79 Å². The number of hydrogen-bond acceptors (Lipinski definition) is 6. The molecule has 0 radical (unpaired) electrons. The smallest absolute Gasteiger partial charge is 0.285 e. The van der Waals surface area contributed by atoms with Gasteiger partial charge in [-0.25, -0.2) is 8.42 Å². The average molecular weight is 447 g/mol. The molecule has 0 aliphatic carbocycles. The number of fused-ring (bicyclic) bond motifs is 1. The Morgan fingerprint density at radius 1 is 1.13 bits per heavy atom. The number of ether oxygens (including phenoxy) is 2. The van der Waals surface area contributed by atoms with Gasteiger partial charge in [0, 0.05) is 11.8 Å². The molecule has 2 aliphatic rings. The van der Waals surface area contributed by atoms with Crippen LogP contribution in [0.5, 0.6) is 11.5 Å². The molecule has 2 aromatic rings. The van der Waals surface area contributed by atoms with Crippen LogP contribution >= 0.6 is 11.8 Å². The highest BCUT2D eigenvalue weighted by atomic mass is 32.2. The third kappa shape index (κ3) is 4.79. The van der Waals surface area contributed by atoms with Crippen LogP contribution in [0.15, 0.2) is 59.6 Å². The number of benzene rings is 2. The summed E-state index contributed by atoms with van der Waals surface area (Å²) in [5, 5.41) is 0.423. The first kappa shape index (κ1) is 20.7. The van der Waals surface area contributed by atoms with Crippen molar-refractivity contribution in [1.82, 2.24) is 4.90 Å². The summed E-state index contributed by atoms with van der Waals surface area (Å²) in [7, 11) is -1.49. The zero-order valence-corrected chi connectivity index (χ0v) is 18.1. The monoisotopic (exact) mass is 446 g/mol. The van der Waals surface area contributed by atoms with Crippen molar-refractivity contribution in [2.45, 2.75) is 17.8 Å². The topological polar surface area (TPSA) is 85.3 Å². The van der Waals surface area contributed by atoms with E-state index in [4.69, 9.17) is 9.47 Å². The van der Waals surface area contributed by atoms with Gasteiger partial charge in [0.15, 0.2) is 21.6 Å². The summed E-state index contributed by atoms with van der Waals surface area (Å²) in [5.41, 5.74) is 0.959. The molecule has 158 valence electrons. The molecule has 2 heterocycles. The lowest BCUT2D eigenvalue weighted by atomic mass is 10.1. The summed E-state index contributed by atoms with van der Waals surface area (Å²) in [5.74, 6) is 1.09. The van der Waals surface area contributed by atoms with E-state index in [1.807, 2.05) is 47.4 Å². The van der Waals surface area contributed by atoms with Crippen molar-refractivity contribution in [3.63, 3.8) is 0 Å². The van der Waals surface area contributed by atoms with E-state index in [0.29, 0.717) is 17.5 Å². The number of amides is 1. The number of sulfone groups is 1. The van der Waals surface area contributed by atoms with Crippen molar-refractivity contribution >= 4 is 32.7 Å². The van der Waals surface area contributed by atoms with Crippen molar-refractivity contribution in [3.8, 4) is 11.5 Å². The zero-order chi connectivity index (χ0) is 21.1. The summed E-state index contributed by atoms with van der Waals surface area (Å²) in [6.07, 6.45) is 0. The Labute approximate surface area is 180 Å². The van der Waals surface area contributed by atoms with Crippen LogP contribution < -0.4 is 9.47 Å². The molecule has 2 saturated heterocycles. The highest BCUT2D eigenvalue weighted by molar-refractivity contribution is 8.15. The third-order valence-electron chi connectivity index (χ3n) is 4.99. The Morgan fingerprint density at radius 3 is 2.67 bits per heavy atom. The normalized spacial score (nSPS) is 23.4. The van der Waals surface area contributed by atoms with Gasteiger partial charge in [0.1, 0.15) is 11.5 Å². The van der Waals surface area contributed by atoms with Crippen LogP contribution in [0.25, 0.3) is 0 Å². The summed E-state index contributed by atoms with van der Waals surface area (Å²) in [6, 6.07) is 16.5. The maximum absolute atomic E-state index is 12.4. The number of para-hydroxylation sites is 1. The molecule has 0 spiro atoms. The summed E-state index contributed by atoms with van der Waals surface area (Å²) >= 11 is 1.36. The third-order valence-corrected chi connectivity index (χ3v) is 8.24. The number of rotatable bonds is 6. The van der Waals surface area contributed by atoms with Gasteiger partial charge < -0.3 is 14.4 Å². The first-order valence-electron chi connectivity index (χ1n) is 9.49. The molecule has 2 aliphatic heterocycles. The molecule has 2 aromatic carbocycles. The number of thioether (sulfide) groups is 1. The van der Waals surface area contributed by atoms with Crippen LogP contribution in [0.2, 0.25) is 0 Å². The van der Waals surface area contributed by atoms with Gasteiger partial charge in [0.2, 0.25) is 0 Å². The Morgan fingerprint density at radius 2 is 1.90 bits per heavy atom. The van der Waals surface area contributed by atoms with E-state index in [0.717, 1.165) is 11.3 Å². The largest absolute Gasteiger partial charge is 0.497 e. The van der Waals surface area contributed by atoms with Crippen LogP contribution in [0, 0.1) is 0 Å². The Balaban J connectivity index is 1.52. The second kappa shape index (κ2) is 8.69. The number of amidine groups is 1. The fourth-order valence-electron chi connectivity index (χ4n) is 3.59. The van der Waals surface area contributed by atoms with Gasteiger partial charge in [-0.05, 0) is 29.8 Å². The molecule has 7 nitrogen and oxygen atoms in total. The second-order valence-electron chi connectivity index (χ2n) is 7.17. The molecule has 2 fully saturated rings. The molecular weight excluding hydrogens is 424 g/mol. The molecule has 4 rings (SSSR count). The van der Waals surface area contributed by atoms with Crippen LogP contribution in [0.1, 0.15) is 5.56 Å². The van der Waals surface area contributed by atoms with Crippen molar-refractivity contribution in [2.75, 3.05) is 25.2 Å². The SMILES string of the molecule is COc1cccc(CN2C(=NC(=O)COc3ccccc3)S[C@H]3CS(=O)(=O)C[C@@H]32)c1. The Bertz CT molecular complexity index is 1060. The van der Waals surface area contributed by atoms with Crippen LogP contribution in [-0.4, -0.2) is 60.9 Å². The van der Waals surface area contributed by atoms with E-state index < -0.39 is 15.7 Å². The zero-order valence-electron chi connectivity index (χ0n) is 16.4. The number of hydrogen-bond donors (Lipinski definition) is 0. The highest BCUT2D eigenvalue weighted by Crippen LogP contribution is 2.39. The Hall–Kier alpha value is -2.52. The van der Waals surface area contributed by atoms with Gasteiger partial charge in [0.05, 0.1) is 24.7 Å². The molecule has 0 saturated carbocycles. The predicted octanol–water partition coefficient (Wildman–Crippen LogP) is 2.37. The van der Waals surface area contributed by atoms with Crippen molar-refractivity contribution < 1.29 is 22.7 Å². The number of carbonyl (C=O) groups excluding carboxylic acids is 1. The van der Waals surface area contributed by atoms with Crippen LogP contribution in [-0.2, 0) is 21.2 Å². The summed E-state index contributed by atoms with van der Waals surface area (Å²) in [6.45, 7) is 0.279. The molecule has 1 amide bonds. The lowest BCUT2D eigenvalue weighted by molar-refractivity contribution is -0.119. The van der Waals surface area contributed by atoms with Crippen molar-refractivity contribution in [1.29, 1.82) is 0 Å². The highest BCUT2D eigenvalue weighted by Gasteiger charge is 2.48. The molecule has 9 heteroatoms. The minimum atomic E-state index is -3.09. The average Bonchev–Trinajstić information content (AvgIpc) is 3.19. The molecular formula is C21H22N2O5S2. The molecule has 0 aromatic heterocycles. The molecule has 0 unspecified atom stereocenters. The summed E-state index contributed by atoms with van der Waals surface area (Å²) in [4.78, 5) is 18.6. The molecule has 2 atom stereocenters. The van der Waals surface area contributed by atoms with Gasteiger partial charge in [-0.1, -0.05) is 42.1 Å². The van der Waals surface area contributed by atoms with Gasteiger partial charge in [0.25, 0.3) is 5.91 Å². The number of methoxy groups -OCH3 is 1. The van der Waals surface area contributed by atoms with E-state index in [9.17, 15) is 13.2 Å². The quantitative estimate of drug-likeness (QED) is 0.673. The molecule has 0 bridgehead atoms. The van der Waals surface area contributed by atoms with Crippen molar-refractivity contribution in [3.05, 3.63) is 60.2 Å². The fourth-order valence-corrected chi connectivity index (χ4v) is 7.56. The van der Waals surface area contributed by atoms with Gasteiger partial charge in [-0.2, -0.15) is 4.99 Å². The minimum Gasteiger partial charge on any atom is -0.497 e. The fraction of sp³-hybridized carbons (Fsp3) is 0.333. The van der Waals surface area contributed by atoms with Gasteiger partial charge in [-0.15, -0.1) is 0 Å². The molecule has 0 N–H and O–H groups in total. The van der Waals surface area contributed by atoms with Crippen LogP contribution in [0.3, 0.4) is 0 Å². The first-order valence-corrected chi connectivity index (χ1v) is 12.2.